The maximum Gasteiger partial charge on any atom is 0.244 e. The molecule has 1 fully saturated rings. The SMILES string of the molecule is CCC(C(=O)NC1CCCC1)N(Cc1ccccc1Cl)C(=O)CN(c1cc(C)ccc1C)S(C)(=O)=O. The Morgan fingerprint density at radius 1 is 1.11 bits per heavy atom. The zero-order chi connectivity index (χ0) is 26.5. The molecule has 0 radical (unpaired) electrons. The Labute approximate surface area is 219 Å². The van der Waals surface area contributed by atoms with Crippen LogP contribution in [-0.4, -0.2) is 50.0 Å². The van der Waals surface area contributed by atoms with Crippen LogP contribution in [0.25, 0.3) is 0 Å². The summed E-state index contributed by atoms with van der Waals surface area (Å²) < 4.78 is 26.8. The number of halogens is 1. The monoisotopic (exact) mass is 533 g/mol. The quantitative estimate of drug-likeness (QED) is 0.484. The molecule has 7 nitrogen and oxygen atoms in total. The van der Waals surface area contributed by atoms with Gasteiger partial charge in [0.25, 0.3) is 0 Å². The summed E-state index contributed by atoms with van der Waals surface area (Å²) >= 11 is 6.41. The number of sulfonamides is 1. The van der Waals surface area contributed by atoms with Gasteiger partial charge in [0.2, 0.25) is 21.8 Å². The lowest BCUT2D eigenvalue weighted by atomic mass is 10.1. The van der Waals surface area contributed by atoms with Crippen molar-refractivity contribution < 1.29 is 18.0 Å². The zero-order valence-electron chi connectivity index (χ0n) is 21.5. The summed E-state index contributed by atoms with van der Waals surface area (Å²) in [7, 11) is -3.78. The largest absolute Gasteiger partial charge is 0.352 e. The second-order valence-electron chi connectivity index (χ2n) is 9.59. The average molecular weight is 534 g/mol. The van der Waals surface area contributed by atoms with Gasteiger partial charge in [-0.05, 0) is 61.9 Å². The first-order chi connectivity index (χ1) is 17.0. The maximum absolute atomic E-state index is 13.8. The van der Waals surface area contributed by atoms with Crippen molar-refractivity contribution in [3.05, 3.63) is 64.2 Å². The van der Waals surface area contributed by atoms with Gasteiger partial charge in [0.05, 0.1) is 11.9 Å². The van der Waals surface area contributed by atoms with Crippen molar-refractivity contribution in [1.82, 2.24) is 10.2 Å². The summed E-state index contributed by atoms with van der Waals surface area (Å²) in [5.41, 5.74) is 2.76. The van der Waals surface area contributed by atoms with Gasteiger partial charge in [-0.3, -0.25) is 13.9 Å². The van der Waals surface area contributed by atoms with E-state index in [1.807, 2.05) is 45.0 Å². The van der Waals surface area contributed by atoms with Crippen molar-refractivity contribution in [1.29, 1.82) is 0 Å². The number of aryl methyl sites for hydroxylation is 2. The minimum atomic E-state index is -3.78. The van der Waals surface area contributed by atoms with Gasteiger partial charge in [-0.2, -0.15) is 0 Å². The molecular weight excluding hydrogens is 498 g/mol. The van der Waals surface area contributed by atoms with E-state index < -0.39 is 28.5 Å². The van der Waals surface area contributed by atoms with E-state index >= 15 is 0 Å². The lowest BCUT2D eigenvalue weighted by Gasteiger charge is -2.34. The van der Waals surface area contributed by atoms with Crippen molar-refractivity contribution in [2.75, 3.05) is 17.1 Å². The highest BCUT2D eigenvalue weighted by atomic mass is 35.5. The molecule has 1 N–H and O–H groups in total. The smallest absolute Gasteiger partial charge is 0.244 e. The van der Waals surface area contributed by atoms with E-state index in [1.54, 1.807) is 18.2 Å². The Hall–Kier alpha value is -2.58. The van der Waals surface area contributed by atoms with E-state index in [4.69, 9.17) is 11.6 Å². The van der Waals surface area contributed by atoms with Crippen LogP contribution < -0.4 is 9.62 Å². The van der Waals surface area contributed by atoms with E-state index in [9.17, 15) is 18.0 Å². The molecule has 3 rings (SSSR count). The highest BCUT2D eigenvalue weighted by molar-refractivity contribution is 7.92. The number of amides is 2. The van der Waals surface area contributed by atoms with Crippen LogP contribution in [0.5, 0.6) is 0 Å². The Morgan fingerprint density at radius 2 is 1.78 bits per heavy atom. The van der Waals surface area contributed by atoms with Crippen LogP contribution in [0.1, 0.15) is 55.7 Å². The fourth-order valence-corrected chi connectivity index (χ4v) is 5.77. The van der Waals surface area contributed by atoms with Crippen LogP contribution in [0.3, 0.4) is 0 Å². The molecule has 1 unspecified atom stereocenters. The first-order valence-corrected chi connectivity index (χ1v) is 14.6. The highest BCUT2D eigenvalue weighted by Gasteiger charge is 2.33. The van der Waals surface area contributed by atoms with Crippen molar-refractivity contribution in [3.63, 3.8) is 0 Å². The molecule has 9 heteroatoms. The summed E-state index contributed by atoms with van der Waals surface area (Å²) in [4.78, 5) is 28.6. The van der Waals surface area contributed by atoms with Crippen LogP contribution in [-0.2, 0) is 26.2 Å². The molecule has 36 heavy (non-hydrogen) atoms. The topological polar surface area (TPSA) is 86.8 Å². The summed E-state index contributed by atoms with van der Waals surface area (Å²) in [5.74, 6) is -0.683. The zero-order valence-corrected chi connectivity index (χ0v) is 23.0. The standard InChI is InChI=1S/C27H36ClN3O4S/c1-5-24(27(33)29-22-11-7-8-12-22)30(17-21-10-6-9-13-23(21)28)26(32)18-31(36(4,34)35)25-16-19(2)14-15-20(25)3/h6,9-10,13-16,22,24H,5,7-8,11-12,17-18H2,1-4H3,(H,29,33). The maximum atomic E-state index is 13.8. The van der Waals surface area contributed by atoms with E-state index in [1.165, 1.54) is 4.90 Å². The summed E-state index contributed by atoms with van der Waals surface area (Å²) in [6.07, 6.45) is 5.47. The Kier molecular flexibility index (Phi) is 9.41. The first kappa shape index (κ1) is 28.0. The predicted molar refractivity (Wildman–Crippen MR) is 145 cm³/mol. The summed E-state index contributed by atoms with van der Waals surface area (Å²) in [5, 5.41) is 3.58. The third-order valence-electron chi connectivity index (χ3n) is 6.70. The number of anilines is 1. The molecule has 2 aromatic rings. The molecular formula is C27H36ClN3O4S. The number of hydrogen-bond donors (Lipinski definition) is 1. The Bertz CT molecular complexity index is 1200. The van der Waals surface area contributed by atoms with E-state index in [0.717, 1.165) is 47.4 Å². The molecule has 2 aromatic carbocycles. The van der Waals surface area contributed by atoms with Gasteiger partial charge < -0.3 is 10.2 Å². The van der Waals surface area contributed by atoms with Gasteiger partial charge in [0.15, 0.2) is 0 Å². The number of rotatable bonds is 10. The van der Waals surface area contributed by atoms with Crippen LogP contribution in [0.15, 0.2) is 42.5 Å². The highest BCUT2D eigenvalue weighted by Crippen LogP contribution is 2.26. The van der Waals surface area contributed by atoms with Crippen LogP contribution >= 0.6 is 11.6 Å². The van der Waals surface area contributed by atoms with Gasteiger partial charge in [0, 0.05) is 17.6 Å². The minimum absolute atomic E-state index is 0.0967. The molecule has 1 aliphatic rings. The minimum Gasteiger partial charge on any atom is -0.352 e. The molecule has 196 valence electrons. The van der Waals surface area contributed by atoms with Crippen molar-refractivity contribution in [3.8, 4) is 0 Å². The molecule has 1 aliphatic carbocycles. The third kappa shape index (κ3) is 7.01. The van der Waals surface area contributed by atoms with Gasteiger partial charge in [-0.15, -0.1) is 0 Å². The first-order valence-electron chi connectivity index (χ1n) is 12.4. The molecule has 0 bridgehead atoms. The number of hydrogen-bond acceptors (Lipinski definition) is 4. The number of benzene rings is 2. The second kappa shape index (κ2) is 12.1. The van der Waals surface area contributed by atoms with Crippen molar-refractivity contribution in [2.24, 2.45) is 0 Å². The lowest BCUT2D eigenvalue weighted by molar-refractivity contribution is -0.140. The van der Waals surface area contributed by atoms with Gasteiger partial charge in [-0.25, -0.2) is 8.42 Å². The number of nitrogens with zero attached hydrogens (tertiary/aromatic N) is 2. The van der Waals surface area contributed by atoms with Gasteiger partial charge in [-0.1, -0.05) is 61.7 Å². The predicted octanol–water partition coefficient (Wildman–Crippen LogP) is 4.59. The van der Waals surface area contributed by atoms with Gasteiger partial charge in [0.1, 0.15) is 12.6 Å². The molecule has 0 spiro atoms. The number of carbonyl (C=O) groups is 2. The molecule has 0 heterocycles. The fraction of sp³-hybridized carbons (Fsp3) is 0.481. The second-order valence-corrected chi connectivity index (χ2v) is 11.9. The summed E-state index contributed by atoms with van der Waals surface area (Å²) in [6, 6.07) is 12.0. The molecule has 2 amide bonds. The lowest BCUT2D eigenvalue weighted by Crippen LogP contribution is -2.53. The van der Waals surface area contributed by atoms with E-state index in [2.05, 4.69) is 5.32 Å². The molecule has 1 atom stereocenters. The molecule has 0 aliphatic heterocycles. The third-order valence-corrected chi connectivity index (χ3v) is 8.19. The number of nitrogens with one attached hydrogen (secondary N) is 1. The van der Waals surface area contributed by atoms with Crippen LogP contribution in [0, 0.1) is 13.8 Å². The van der Waals surface area contributed by atoms with Gasteiger partial charge >= 0.3 is 0 Å². The Morgan fingerprint density at radius 3 is 2.39 bits per heavy atom. The van der Waals surface area contributed by atoms with E-state index in [0.29, 0.717) is 22.7 Å². The fourth-order valence-electron chi connectivity index (χ4n) is 4.68. The molecule has 0 saturated heterocycles. The van der Waals surface area contributed by atoms with Crippen molar-refractivity contribution >= 4 is 39.1 Å². The van der Waals surface area contributed by atoms with Crippen LogP contribution in [0.2, 0.25) is 5.02 Å². The summed E-state index contributed by atoms with van der Waals surface area (Å²) in [6.45, 7) is 5.21. The average Bonchev–Trinajstić information content (AvgIpc) is 3.32. The van der Waals surface area contributed by atoms with E-state index in [-0.39, 0.29) is 18.5 Å². The normalized spacial score (nSPS) is 14.9. The molecule has 0 aromatic heterocycles. The molecule has 1 saturated carbocycles. The Balaban J connectivity index is 1.96. The van der Waals surface area contributed by atoms with Crippen molar-refractivity contribution in [2.45, 2.75) is 71.5 Å². The number of carbonyl (C=O) groups excluding carboxylic acids is 2. The van der Waals surface area contributed by atoms with Crippen LogP contribution in [0.4, 0.5) is 5.69 Å².